The van der Waals surface area contributed by atoms with Crippen molar-refractivity contribution in [3.63, 3.8) is 0 Å². The molecule has 5 aliphatic carbocycles. The summed E-state index contributed by atoms with van der Waals surface area (Å²) in [6, 6.07) is 0. The second kappa shape index (κ2) is 7.57. The van der Waals surface area contributed by atoms with Crippen LogP contribution in [0.2, 0.25) is 0 Å². The summed E-state index contributed by atoms with van der Waals surface area (Å²) in [5.74, 6) is 0.882. The maximum Gasteiger partial charge on any atom is 0.310 e. The first-order valence-corrected chi connectivity index (χ1v) is 14.0. The summed E-state index contributed by atoms with van der Waals surface area (Å²) in [4.78, 5) is 12.8. The van der Waals surface area contributed by atoms with Crippen molar-refractivity contribution in [1.82, 2.24) is 0 Å². The van der Waals surface area contributed by atoms with Crippen LogP contribution >= 0.6 is 0 Å². The van der Waals surface area contributed by atoms with Gasteiger partial charge in [0.2, 0.25) is 0 Å². The minimum atomic E-state index is -0.669. The van der Waals surface area contributed by atoms with Crippen LogP contribution in [0.15, 0.2) is 11.6 Å². The van der Waals surface area contributed by atoms with Gasteiger partial charge < -0.3 is 15.3 Å². The molecule has 0 amide bonds. The van der Waals surface area contributed by atoms with Crippen LogP contribution in [0.4, 0.5) is 0 Å². The molecule has 0 aromatic heterocycles. The molecular formula is C30H48O4. The Balaban J connectivity index is 1.61. The van der Waals surface area contributed by atoms with E-state index < -0.39 is 11.4 Å². The number of hydrogen-bond donors (Lipinski definition) is 3. The first-order chi connectivity index (χ1) is 15.8. The summed E-state index contributed by atoms with van der Waals surface area (Å²) in [5, 5.41) is 31.5. The molecule has 5 aliphatic rings. The Kier molecular flexibility index (Phi) is 5.52. The number of hydrogen-bond acceptors (Lipinski definition) is 3. The van der Waals surface area contributed by atoms with Crippen LogP contribution in [0, 0.1) is 56.7 Å². The number of fused-ring (bicyclic) bond motifs is 7. The van der Waals surface area contributed by atoms with Gasteiger partial charge >= 0.3 is 5.97 Å². The zero-order chi connectivity index (χ0) is 24.9. The largest absolute Gasteiger partial charge is 0.481 e. The highest BCUT2D eigenvalue weighted by atomic mass is 16.4. The van der Waals surface area contributed by atoms with Gasteiger partial charge in [-0.1, -0.05) is 53.2 Å². The highest BCUT2D eigenvalue weighted by molar-refractivity contribution is 5.76. The topological polar surface area (TPSA) is 77.8 Å². The number of carboxylic acids is 1. The summed E-state index contributed by atoms with van der Waals surface area (Å²) >= 11 is 0. The van der Waals surface area contributed by atoms with Gasteiger partial charge in [0, 0.05) is 6.61 Å². The Morgan fingerprint density at radius 1 is 0.971 bits per heavy atom. The van der Waals surface area contributed by atoms with Crippen LogP contribution in [0.1, 0.15) is 99.3 Å². The molecule has 0 spiro atoms. The average molecular weight is 473 g/mol. The maximum absolute atomic E-state index is 12.8. The molecule has 0 aromatic rings. The van der Waals surface area contributed by atoms with E-state index in [2.05, 4.69) is 47.6 Å². The summed E-state index contributed by atoms with van der Waals surface area (Å²) in [6.45, 7) is 14.5. The number of allylic oxidation sites excluding steroid dienone is 2. The van der Waals surface area contributed by atoms with Gasteiger partial charge in [-0.3, -0.25) is 4.79 Å². The number of aliphatic carboxylic acids is 1. The maximum atomic E-state index is 12.8. The molecule has 4 saturated carbocycles. The number of aliphatic hydroxyl groups is 2. The normalized spacial score (nSPS) is 54.1. The molecule has 0 heterocycles. The standard InChI is InChI=1S/C30H48O4/c1-18-19(17-31)9-14-30(25(33)34)16-15-28(5)20(24(18)30)7-8-22-27(4)12-11-23(32)26(2,3)21(27)10-13-29(22,28)6/h7,18-19,21-24,31-32H,8-17H2,1-6H3,(H,33,34)/t18-,19-,21?,22?,23-,24?,27-,28+,29+,30-/m0/s1. The highest BCUT2D eigenvalue weighted by Crippen LogP contribution is 2.75. The molecule has 192 valence electrons. The van der Waals surface area contributed by atoms with Gasteiger partial charge in [-0.05, 0) is 109 Å². The Bertz CT molecular complexity index is 892. The van der Waals surface area contributed by atoms with Crippen molar-refractivity contribution in [2.45, 2.75) is 105 Å². The van der Waals surface area contributed by atoms with Gasteiger partial charge in [0.25, 0.3) is 0 Å². The first-order valence-electron chi connectivity index (χ1n) is 14.0. The summed E-state index contributed by atoms with van der Waals surface area (Å²) in [6.07, 6.45) is 10.8. The lowest BCUT2D eigenvalue weighted by molar-refractivity contribution is -0.207. The lowest BCUT2D eigenvalue weighted by Crippen LogP contribution is -2.65. The van der Waals surface area contributed by atoms with Crippen LogP contribution in [-0.4, -0.2) is 34.0 Å². The van der Waals surface area contributed by atoms with Crippen LogP contribution in [-0.2, 0) is 4.79 Å². The molecule has 0 saturated heterocycles. The molecule has 3 N–H and O–H groups in total. The number of carboxylic acid groups (broad SMARTS) is 1. The summed E-state index contributed by atoms with van der Waals surface area (Å²) in [5.41, 5.74) is 1.03. The monoisotopic (exact) mass is 472 g/mol. The van der Waals surface area contributed by atoms with E-state index in [4.69, 9.17) is 0 Å². The van der Waals surface area contributed by atoms with Gasteiger partial charge in [0.15, 0.2) is 0 Å². The predicted octanol–water partition coefficient (Wildman–Crippen LogP) is 6.06. The van der Waals surface area contributed by atoms with Crippen molar-refractivity contribution in [2.24, 2.45) is 56.7 Å². The number of rotatable bonds is 2. The zero-order valence-corrected chi connectivity index (χ0v) is 22.4. The Morgan fingerprint density at radius 3 is 2.32 bits per heavy atom. The zero-order valence-electron chi connectivity index (χ0n) is 22.4. The van der Waals surface area contributed by atoms with Crippen molar-refractivity contribution in [2.75, 3.05) is 6.61 Å². The molecule has 4 nitrogen and oxygen atoms in total. The third-order valence-electron chi connectivity index (χ3n) is 13.4. The van der Waals surface area contributed by atoms with Gasteiger partial charge in [-0.25, -0.2) is 0 Å². The van der Waals surface area contributed by atoms with Gasteiger partial charge in [-0.15, -0.1) is 0 Å². The minimum absolute atomic E-state index is 0.000670. The lowest BCUT2D eigenvalue weighted by Gasteiger charge is -2.71. The molecule has 0 bridgehead atoms. The quantitative estimate of drug-likeness (QED) is 0.427. The molecule has 10 atom stereocenters. The SMILES string of the molecule is C[C@@H]1C2C3=CCC4[C@@]5(C)CC[C@H](O)C(C)(C)C5CC[C@@]4(C)[C@]3(C)CC[C@@]2(C(=O)O)CC[C@H]1CO. The van der Waals surface area contributed by atoms with Crippen LogP contribution in [0.5, 0.6) is 0 Å². The molecule has 4 fully saturated rings. The van der Waals surface area contributed by atoms with Crippen molar-refractivity contribution in [3.05, 3.63) is 11.6 Å². The smallest absolute Gasteiger partial charge is 0.310 e. The fraction of sp³-hybridized carbons (Fsp3) is 0.900. The highest BCUT2D eigenvalue weighted by Gasteiger charge is 2.69. The van der Waals surface area contributed by atoms with E-state index in [9.17, 15) is 20.1 Å². The third-order valence-corrected chi connectivity index (χ3v) is 13.4. The molecule has 5 rings (SSSR count). The summed E-state index contributed by atoms with van der Waals surface area (Å²) in [7, 11) is 0. The molecule has 34 heavy (non-hydrogen) atoms. The molecule has 0 aromatic carbocycles. The Morgan fingerprint density at radius 2 is 1.68 bits per heavy atom. The van der Waals surface area contributed by atoms with Gasteiger partial charge in [0.1, 0.15) is 0 Å². The summed E-state index contributed by atoms with van der Waals surface area (Å²) < 4.78 is 0. The van der Waals surface area contributed by atoms with E-state index in [-0.39, 0.29) is 52.1 Å². The minimum Gasteiger partial charge on any atom is -0.481 e. The average Bonchev–Trinajstić information content (AvgIpc) is 2.77. The van der Waals surface area contributed by atoms with Crippen molar-refractivity contribution < 1.29 is 20.1 Å². The van der Waals surface area contributed by atoms with E-state index in [1.165, 1.54) is 5.57 Å². The number of carbonyl (C=O) groups is 1. The van der Waals surface area contributed by atoms with Crippen LogP contribution in [0.25, 0.3) is 0 Å². The molecule has 0 aliphatic heterocycles. The lowest BCUT2D eigenvalue weighted by atomic mass is 9.33. The van der Waals surface area contributed by atoms with Crippen molar-refractivity contribution >= 4 is 5.97 Å². The molecule has 3 unspecified atom stereocenters. The van der Waals surface area contributed by atoms with Crippen molar-refractivity contribution in [1.29, 1.82) is 0 Å². The second-order valence-corrected chi connectivity index (χ2v) is 14.4. The van der Waals surface area contributed by atoms with Gasteiger partial charge in [0.05, 0.1) is 11.5 Å². The number of aliphatic hydroxyl groups excluding tert-OH is 2. The second-order valence-electron chi connectivity index (χ2n) is 14.4. The van der Waals surface area contributed by atoms with E-state index in [0.29, 0.717) is 18.3 Å². The fourth-order valence-electron chi connectivity index (χ4n) is 11.0. The Labute approximate surface area is 206 Å². The van der Waals surface area contributed by atoms with Crippen LogP contribution < -0.4 is 0 Å². The molecular weight excluding hydrogens is 424 g/mol. The van der Waals surface area contributed by atoms with Crippen LogP contribution in [0.3, 0.4) is 0 Å². The Hall–Kier alpha value is -0.870. The van der Waals surface area contributed by atoms with E-state index in [1.807, 2.05) is 0 Å². The van der Waals surface area contributed by atoms with Gasteiger partial charge in [-0.2, -0.15) is 0 Å². The molecule has 0 radical (unpaired) electrons. The third kappa shape index (κ3) is 2.82. The van der Waals surface area contributed by atoms with E-state index in [1.54, 1.807) is 0 Å². The van der Waals surface area contributed by atoms with E-state index >= 15 is 0 Å². The van der Waals surface area contributed by atoms with E-state index in [0.717, 1.165) is 51.4 Å². The predicted molar refractivity (Wildman–Crippen MR) is 134 cm³/mol. The molecule has 4 heteroatoms. The van der Waals surface area contributed by atoms with Crippen molar-refractivity contribution in [3.8, 4) is 0 Å². The first kappa shape index (κ1) is 24.8. The fourth-order valence-corrected chi connectivity index (χ4v) is 11.0.